The third-order valence-electron chi connectivity index (χ3n) is 4.54. The first-order chi connectivity index (χ1) is 13.7. The normalized spacial score (nSPS) is 11.0. The molecule has 28 heavy (non-hydrogen) atoms. The van der Waals surface area contributed by atoms with Crippen LogP contribution in [-0.4, -0.2) is 19.0 Å². The molecule has 0 unspecified atom stereocenters. The van der Waals surface area contributed by atoms with E-state index in [-0.39, 0.29) is 5.78 Å². The van der Waals surface area contributed by atoms with E-state index in [4.69, 9.17) is 9.47 Å². The Labute approximate surface area is 169 Å². The van der Waals surface area contributed by atoms with Gasteiger partial charge in [0.05, 0.1) is 13.2 Å². The van der Waals surface area contributed by atoms with Gasteiger partial charge in [-0.05, 0) is 61.2 Å². The first-order valence-corrected chi connectivity index (χ1v) is 10.4. The molecule has 2 aromatic rings. The Balaban J connectivity index is 2.13. The fourth-order valence-corrected chi connectivity index (χ4v) is 2.74. The number of hydrogen-bond acceptors (Lipinski definition) is 3. The van der Waals surface area contributed by atoms with Gasteiger partial charge in [0.25, 0.3) is 0 Å². The Bertz CT molecular complexity index is 777. The van der Waals surface area contributed by atoms with Gasteiger partial charge in [-0.1, -0.05) is 51.8 Å². The van der Waals surface area contributed by atoms with Gasteiger partial charge in [-0.3, -0.25) is 4.79 Å². The van der Waals surface area contributed by atoms with Crippen LogP contribution in [0.3, 0.4) is 0 Å². The van der Waals surface area contributed by atoms with Crippen LogP contribution in [0, 0.1) is 0 Å². The van der Waals surface area contributed by atoms with Gasteiger partial charge in [0.1, 0.15) is 11.5 Å². The molecule has 0 amide bonds. The highest BCUT2D eigenvalue weighted by Gasteiger charge is 2.06. The summed E-state index contributed by atoms with van der Waals surface area (Å²) < 4.78 is 11.6. The van der Waals surface area contributed by atoms with Gasteiger partial charge in [-0.2, -0.15) is 0 Å². The van der Waals surface area contributed by atoms with Crippen molar-refractivity contribution in [3.05, 3.63) is 65.2 Å². The number of benzene rings is 2. The fourth-order valence-electron chi connectivity index (χ4n) is 2.74. The van der Waals surface area contributed by atoms with Crippen LogP contribution in [0.15, 0.2) is 48.5 Å². The maximum absolute atomic E-state index is 12.6. The van der Waals surface area contributed by atoms with E-state index in [2.05, 4.69) is 32.9 Å². The van der Waals surface area contributed by atoms with Crippen LogP contribution in [0.1, 0.15) is 67.9 Å². The quantitative estimate of drug-likeness (QED) is 0.239. The summed E-state index contributed by atoms with van der Waals surface area (Å²) >= 11 is 0. The molecule has 3 heteroatoms. The van der Waals surface area contributed by atoms with Gasteiger partial charge in [0.2, 0.25) is 0 Å². The van der Waals surface area contributed by atoms with Crippen molar-refractivity contribution >= 4 is 11.9 Å². The van der Waals surface area contributed by atoms with E-state index in [0.29, 0.717) is 18.8 Å². The molecule has 0 spiro atoms. The molecule has 0 N–H and O–H groups in total. The second-order valence-corrected chi connectivity index (χ2v) is 6.86. The van der Waals surface area contributed by atoms with Crippen LogP contribution in [0.5, 0.6) is 11.5 Å². The molecule has 0 atom stereocenters. The molecular weight excluding hydrogens is 348 g/mol. The zero-order chi connectivity index (χ0) is 20.2. The smallest absolute Gasteiger partial charge is 0.185 e. The van der Waals surface area contributed by atoms with Crippen LogP contribution in [0.2, 0.25) is 0 Å². The SMILES string of the molecule is CCCCOc1cccc(C(=O)C=Cc2cc(CC)ccc2OCCCC)c1. The molecule has 0 bridgehead atoms. The van der Waals surface area contributed by atoms with Gasteiger partial charge < -0.3 is 9.47 Å². The molecule has 0 radical (unpaired) electrons. The molecule has 0 aromatic heterocycles. The average molecular weight is 381 g/mol. The maximum Gasteiger partial charge on any atom is 0.185 e. The molecule has 0 aliphatic carbocycles. The molecular formula is C25H32O3. The van der Waals surface area contributed by atoms with Crippen molar-refractivity contribution in [3.8, 4) is 11.5 Å². The highest BCUT2D eigenvalue weighted by molar-refractivity contribution is 6.07. The molecule has 0 saturated carbocycles. The predicted octanol–water partition coefficient (Wildman–Crippen LogP) is 6.50. The van der Waals surface area contributed by atoms with Gasteiger partial charge in [-0.25, -0.2) is 0 Å². The van der Waals surface area contributed by atoms with E-state index in [0.717, 1.165) is 49.2 Å². The minimum absolute atomic E-state index is 0.0395. The summed E-state index contributed by atoms with van der Waals surface area (Å²) in [6.45, 7) is 7.75. The van der Waals surface area contributed by atoms with E-state index in [1.165, 1.54) is 5.56 Å². The lowest BCUT2D eigenvalue weighted by atomic mass is 10.1. The number of hydrogen-bond donors (Lipinski definition) is 0. The largest absolute Gasteiger partial charge is 0.494 e. The van der Waals surface area contributed by atoms with Crippen LogP contribution in [-0.2, 0) is 6.42 Å². The third-order valence-corrected chi connectivity index (χ3v) is 4.54. The molecule has 0 heterocycles. The minimum Gasteiger partial charge on any atom is -0.494 e. The summed E-state index contributed by atoms with van der Waals surface area (Å²) in [6.07, 6.45) is 8.62. The molecule has 150 valence electrons. The molecule has 0 aliphatic rings. The standard InChI is InChI=1S/C25H32O3/c1-4-7-16-27-23-11-9-10-21(19-23)24(26)14-13-22-18-20(6-3)12-15-25(22)28-17-8-5-2/h9-15,18-19H,4-8,16-17H2,1-3H3. The van der Waals surface area contributed by atoms with Crippen molar-refractivity contribution in [1.82, 2.24) is 0 Å². The second kappa shape index (κ2) is 12.0. The number of carbonyl (C=O) groups is 1. The van der Waals surface area contributed by atoms with Crippen molar-refractivity contribution in [2.75, 3.05) is 13.2 Å². The minimum atomic E-state index is -0.0395. The average Bonchev–Trinajstić information content (AvgIpc) is 2.73. The topological polar surface area (TPSA) is 35.5 Å². The number of ketones is 1. The number of unbranched alkanes of at least 4 members (excludes halogenated alkanes) is 2. The molecule has 0 saturated heterocycles. The zero-order valence-electron chi connectivity index (χ0n) is 17.4. The van der Waals surface area contributed by atoms with Crippen LogP contribution >= 0.6 is 0 Å². The van der Waals surface area contributed by atoms with Gasteiger partial charge in [0, 0.05) is 11.1 Å². The second-order valence-electron chi connectivity index (χ2n) is 6.86. The van der Waals surface area contributed by atoms with E-state index in [1.54, 1.807) is 6.08 Å². The maximum atomic E-state index is 12.6. The van der Waals surface area contributed by atoms with Gasteiger partial charge in [0.15, 0.2) is 5.78 Å². The zero-order valence-corrected chi connectivity index (χ0v) is 17.4. The molecule has 0 fully saturated rings. The fraction of sp³-hybridized carbons (Fsp3) is 0.400. The van der Waals surface area contributed by atoms with E-state index >= 15 is 0 Å². The lowest BCUT2D eigenvalue weighted by molar-refractivity contribution is 0.104. The summed E-state index contributed by atoms with van der Waals surface area (Å²) in [4.78, 5) is 12.6. The molecule has 2 aromatic carbocycles. The van der Waals surface area contributed by atoms with Crippen LogP contribution < -0.4 is 9.47 Å². The number of rotatable bonds is 12. The highest BCUT2D eigenvalue weighted by atomic mass is 16.5. The van der Waals surface area contributed by atoms with E-state index in [1.807, 2.05) is 36.4 Å². The molecule has 2 rings (SSSR count). The lowest BCUT2D eigenvalue weighted by Gasteiger charge is -2.10. The monoisotopic (exact) mass is 380 g/mol. The number of carbonyl (C=O) groups excluding carboxylic acids is 1. The predicted molar refractivity (Wildman–Crippen MR) is 116 cm³/mol. The Morgan fingerprint density at radius 2 is 1.68 bits per heavy atom. The number of allylic oxidation sites excluding steroid dienone is 1. The van der Waals surface area contributed by atoms with Crippen molar-refractivity contribution in [2.45, 2.75) is 52.9 Å². The first kappa shape index (κ1) is 21.7. The van der Waals surface area contributed by atoms with E-state index in [9.17, 15) is 4.79 Å². The summed E-state index contributed by atoms with van der Waals surface area (Å²) in [5.41, 5.74) is 2.80. The Morgan fingerprint density at radius 3 is 2.39 bits per heavy atom. The summed E-state index contributed by atoms with van der Waals surface area (Å²) in [6, 6.07) is 13.6. The Hall–Kier alpha value is -2.55. The molecule has 0 aliphatic heterocycles. The summed E-state index contributed by atoms with van der Waals surface area (Å²) in [5, 5.41) is 0. The number of ether oxygens (including phenoxy) is 2. The summed E-state index contributed by atoms with van der Waals surface area (Å²) in [5.74, 6) is 1.53. The Morgan fingerprint density at radius 1 is 0.929 bits per heavy atom. The van der Waals surface area contributed by atoms with Gasteiger partial charge >= 0.3 is 0 Å². The van der Waals surface area contributed by atoms with Crippen LogP contribution in [0.25, 0.3) is 6.08 Å². The van der Waals surface area contributed by atoms with Gasteiger partial charge in [-0.15, -0.1) is 0 Å². The van der Waals surface area contributed by atoms with E-state index < -0.39 is 0 Å². The Kier molecular flexibility index (Phi) is 9.33. The third kappa shape index (κ3) is 6.88. The van der Waals surface area contributed by atoms with Crippen molar-refractivity contribution in [1.29, 1.82) is 0 Å². The lowest BCUT2D eigenvalue weighted by Crippen LogP contribution is -2.00. The van der Waals surface area contributed by atoms with Crippen molar-refractivity contribution in [3.63, 3.8) is 0 Å². The van der Waals surface area contributed by atoms with Crippen molar-refractivity contribution in [2.24, 2.45) is 0 Å². The van der Waals surface area contributed by atoms with Crippen LogP contribution in [0.4, 0.5) is 0 Å². The molecule has 3 nitrogen and oxygen atoms in total. The first-order valence-electron chi connectivity index (χ1n) is 10.4. The van der Waals surface area contributed by atoms with Crippen molar-refractivity contribution < 1.29 is 14.3 Å². The summed E-state index contributed by atoms with van der Waals surface area (Å²) in [7, 11) is 0. The highest BCUT2D eigenvalue weighted by Crippen LogP contribution is 2.23. The number of aryl methyl sites for hydroxylation is 1.